The average molecular weight is 426 g/mol. The summed E-state index contributed by atoms with van der Waals surface area (Å²) in [4.78, 5) is 39.8. The van der Waals surface area contributed by atoms with Gasteiger partial charge in [-0.1, -0.05) is 17.7 Å². The van der Waals surface area contributed by atoms with Crippen molar-refractivity contribution in [2.75, 3.05) is 25.4 Å². The van der Waals surface area contributed by atoms with Crippen LogP contribution in [-0.2, 0) is 0 Å². The molecule has 2 amide bonds. The van der Waals surface area contributed by atoms with Crippen LogP contribution in [0.5, 0.6) is 0 Å². The van der Waals surface area contributed by atoms with E-state index in [4.69, 9.17) is 0 Å². The molecule has 2 saturated heterocycles. The third-order valence-corrected chi connectivity index (χ3v) is 7.43. The molecule has 2 aromatic carbocycles. The molecule has 2 heterocycles. The predicted molar refractivity (Wildman–Crippen MR) is 116 cm³/mol. The minimum Gasteiger partial charge on any atom is -0.338 e. The molecule has 1 spiro atoms. The van der Waals surface area contributed by atoms with E-state index in [2.05, 4.69) is 0 Å². The highest BCUT2D eigenvalue weighted by atomic mass is 32.2. The van der Waals surface area contributed by atoms with Crippen LogP contribution >= 0.6 is 11.8 Å². The van der Waals surface area contributed by atoms with E-state index < -0.39 is 4.92 Å². The summed E-state index contributed by atoms with van der Waals surface area (Å²) in [6.07, 6.45) is 1.43. The summed E-state index contributed by atoms with van der Waals surface area (Å²) in [6, 6.07) is 13.4. The topological polar surface area (TPSA) is 83.8 Å². The second kappa shape index (κ2) is 8.10. The first-order chi connectivity index (χ1) is 14.4. The lowest BCUT2D eigenvalue weighted by molar-refractivity contribution is -0.384. The van der Waals surface area contributed by atoms with Gasteiger partial charge in [0, 0.05) is 48.6 Å². The minimum atomic E-state index is -0.476. The Kier molecular flexibility index (Phi) is 5.51. The van der Waals surface area contributed by atoms with Crippen molar-refractivity contribution in [1.82, 2.24) is 9.80 Å². The maximum atomic E-state index is 13.1. The number of benzene rings is 2. The number of piperidine rings is 1. The van der Waals surface area contributed by atoms with Crippen LogP contribution in [0.15, 0.2) is 48.5 Å². The molecule has 0 aromatic heterocycles. The van der Waals surface area contributed by atoms with Crippen molar-refractivity contribution in [2.45, 2.75) is 24.6 Å². The molecule has 0 unspecified atom stereocenters. The van der Waals surface area contributed by atoms with Crippen molar-refractivity contribution in [3.05, 3.63) is 75.3 Å². The lowest BCUT2D eigenvalue weighted by atomic mass is 10.00. The van der Waals surface area contributed by atoms with Crippen molar-refractivity contribution in [2.24, 2.45) is 0 Å². The molecular weight excluding hydrogens is 402 g/mol. The number of hydrogen-bond donors (Lipinski definition) is 0. The standard InChI is InChI=1S/C22H23N3O4S/c1-16-2-4-18(5-3-16)21(27)24-14-15-30-22(24)10-12-23(13-11-22)20(26)17-6-8-19(9-7-17)25(28)29/h2-9H,10-15H2,1H3. The zero-order valence-electron chi connectivity index (χ0n) is 16.7. The molecule has 0 bridgehead atoms. The van der Waals surface area contributed by atoms with Crippen LogP contribution in [0.25, 0.3) is 0 Å². The minimum absolute atomic E-state index is 0.0308. The van der Waals surface area contributed by atoms with E-state index in [-0.39, 0.29) is 22.4 Å². The first kappa shape index (κ1) is 20.4. The molecule has 0 saturated carbocycles. The highest BCUT2D eigenvalue weighted by molar-refractivity contribution is 8.00. The SMILES string of the molecule is Cc1ccc(C(=O)N2CCSC23CCN(C(=O)c2ccc([N+](=O)[O-])cc2)CC3)cc1. The highest BCUT2D eigenvalue weighted by Crippen LogP contribution is 2.44. The number of nitrogens with zero attached hydrogens (tertiary/aromatic N) is 3. The van der Waals surface area contributed by atoms with E-state index >= 15 is 0 Å². The summed E-state index contributed by atoms with van der Waals surface area (Å²) in [5.74, 6) is 0.822. The van der Waals surface area contributed by atoms with E-state index in [1.54, 1.807) is 16.7 Å². The smallest absolute Gasteiger partial charge is 0.269 e. The van der Waals surface area contributed by atoms with E-state index in [9.17, 15) is 19.7 Å². The summed E-state index contributed by atoms with van der Waals surface area (Å²) in [6.45, 7) is 3.83. The zero-order chi connectivity index (χ0) is 21.3. The quantitative estimate of drug-likeness (QED) is 0.553. The summed E-state index contributed by atoms with van der Waals surface area (Å²) in [5, 5.41) is 10.8. The van der Waals surface area contributed by atoms with Gasteiger partial charge in [0.1, 0.15) is 0 Å². The molecule has 0 aliphatic carbocycles. The molecular formula is C22H23N3O4S. The van der Waals surface area contributed by atoms with Gasteiger partial charge in [-0.05, 0) is 44.0 Å². The molecule has 30 heavy (non-hydrogen) atoms. The lowest BCUT2D eigenvalue weighted by Crippen LogP contribution is -2.53. The Hall–Kier alpha value is -2.87. The van der Waals surface area contributed by atoms with Gasteiger partial charge in [0.2, 0.25) is 0 Å². The maximum absolute atomic E-state index is 13.1. The summed E-state index contributed by atoms with van der Waals surface area (Å²) in [7, 11) is 0. The van der Waals surface area contributed by atoms with Gasteiger partial charge in [-0.3, -0.25) is 19.7 Å². The molecule has 156 valence electrons. The van der Waals surface area contributed by atoms with Gasteiger partial charge in [0.15, 0.2) is 0 Å². The van der Waals surface area contributed by atoms with Crippen molar-refractivity contribution in [1.29, 1.82) is 0 Å². The van der Waals surface area contributed by atoms with Crippen molar-refractivity contribution in [3.8, 4) is 0 Å². The molecule has 2 fully saturated rings. The number of likely N-dealkylation sites (tertiary alicyclic amines) is 1. The van der Waals surface area contributed by atoms with Gasteiger partial charge < -0.3 is 9.80 Å². The number of carbonyl (C=O) groups excluding carboxylic acids is 2. The number of aryl methyl sites for hydroxylation is 1. The van der Waals surface area contributed by atoms with Crippen LogP contribution in [0.4, 0.5) is 5.69 Å². The van der Waals surface area contributed by atoms with Gasteiger partial charge >= 0.3 is 0 Å². The zero-order valence-corrected chi connectivity index (χ0v) is 17.6. The molecule has 2 aromatic rings. The van der Waals surface area contributed by atoms with Crippen molar-refractivity contribution >= 4 is 29.3 Å². The Morgan fingerprint density at radius 3 is 2.10 bits per heavy atom. The number of rotatable bonds is 3. The normalized spacial score (nSPS) is 17.9. The van der Waals surface area contributed by atoms with E-state index in [0.717, 1.165) is 11.3 Å². The Bertz CT molecular complexity index is 967. The number of hydrogen-bond acceptors (Lipinski definition) is 5. The second-order valence-electron chi connectivity index (χ2n) is 7.71. The van der Waals surface area contributed by atoms with Crippen LogP contribution in [-0.4, -0.2) is 56.8 Å². The van der Waals surface area contributed by atoms with Crippen LogP contribution in [0.1, 0.15) is 39.1 Å². The fourth-order valence-electron chi connectivity index (χ4n) is 4.13. The van der Waals surface area contributed by atoms with E-state index in [1.807, 2.05) is 36.1 Å². The third-order valence-electron chi connectivity index (χ3n) is 5.88. The summed E-state index contributed by atoms with van der Waals surface area (Å²) < 4.78 is 0. The van der Waals surface area contributed by atoms with Gasteiger partial charge in [-0.2, -0.15) is 0 Å². The van der Waals surface area contributed by atoms with E-state index in [0.29, 0.717) is 43.6 Å². The fraction of sp³-hybridized carbons (Fsp3) is 0.364. The monoisotopic (exact) mass is 425 g/mol. The van der Waals surface area contributed by atoms with Crippen LogP contribution < -0.4 is 0 Å². The molecule has 0 N–H and O–H groups in total. The van der Waals surface area contributed by atoms with Crippen molar-refractivity contribution in [3.63, 3.8) is 0 Å². The summed E-state index contributed by atoms with van der Waals surface area (Å²) in [5.41, 5.74) is 2.24. The number of nitro benzene ring substituents is 1. The second-order valence-corrected chi connectivity index (χ2v) is 9.17. The average Bonchev–Trinajstić information content (AvgIpc) is 3.16. The Labute approximate surface area is 179 Å². The van der Waals surface area contributed by atoms with E-state index in [1.165, 1.54) is 24.3 Å². The molecule has 4 rings (SSSR count). The summed E-state index contributed by atoms with van der Waals surface area (Å²) >= 11 is 1.81. The van der Waals surface area contributed by atoms with Crippen LogP contribution in [0, 0.1) is 17.0 Å². The van der Waals surface area contributed by atoms with Gasteiger partial charge in [0.25, 0.3) is 17.5 Å². The number of carbonyl (C=O) groups is 2. The highest BCUT2D eigenvalue weighted by Gasteiger charge is 2.47. The molecule has 7 nitrogen and oxygen atoms in total. The van der Waals surface area contributed by atoms with Gasteiger partial charge in [0.05, 0.1) is 9.79 Å². The molecule has 8 heteroatoms. The largest absolute Gasteiger partial charge is 0.338 e. The first-order valence-corrected chi connectivity index (χ1v) is 10.9. The number of non-ortho nitro benzene ring substituents is 1. The molecule has 2 aliphatic heterocycles. The molecule has 2 aliphatic rings. The van der Waals surface area contributed by atoms with Crippen molar-refractivity contribution < 1.29 is 14.5 Å². The Balaban J connectivity index is 1.44. The number of nitro groups is 1. The third kappa shape index (κ3) is 3.79. The number of thioether (sulfide) groups is 1. The molecule has 0 radical (unpaired) electrons. The Morgan fingerprint density at radius 2 is 1.50 bits per heavy atom. The molecule has 0 atom stereocenters. The van der Waals surface area contributed by atoms with Gasteiger partial charge in [-0.15, -0.1) is 11.8 Å². The predicted octanol–water partition coefficient (Wildman–Crippen LogP) is 3.72. The lowest BCUT2D eigenvalue weighted by Gasteiger charge is -2.44. The number of amides is 2. The van der Waals surface area contributed by atoms with Gasteiger partial charge in [-0.25, -0.2) is 0 Å². The van der Waals surface area contributed by atoms with Crippen LogP contribution in [0.2, 0.25) is 0 Å². The fourth-order valence-corrected chi connectivity index (χ4v) is 5.58. The maximum Gasteiger partial charge on any atom is 0.269 e. The van der Waals surface area contributed by atoms with Crippen LogP contribution in [0.3, 0.4) is 0 Å². The first-order valence-electron chi connectivity index (χ1n) is 9.96. The Morgan fingerprint density at radius 1 is 0.933 bits per heavy atom.